The van der Waals surface area contributed by atoms with Crippen molar-refractivity contribution in [2.75, 3.05) is 5.32 Å². The Kier molecular flexibility index (Phi) is 3.06. The summed E-state index contributed by atoms with van der Waals surface area (Å²) in [4.78, 5) is 0. The fraction of sp³-hybridized carbons (Fsp3) is 0.182. The number of hydrogen-bond acceptors (Lipinski definition) is 2. The van der Waals surface area contributed by atoms with Gasteiger partial charge in [0.15, 0.2) is 0 Å². The van der Waals surface area contributed by atoms with E-state index in [0.717, 1.165) is 16.8 Å². The summed E-state index contributed by atoms with van der Waals surface area (Å²) in [6.07, 6.45) is 1.92. The topological polar surface area (TPSA) is 29.9 Å². The number of aryl methyl sites for hydroxylation is 1. The Morgan fingerprint density at radius 2 is 2.13 bits per heavy atom. The third kappa shape index (κ3) is 2.59. The van der Waals surface area contributed by atoms with E-state index >= 15 is 0 Å². The third-order valence-electron chi connectivity index (χ3n) is 2.13. The van der Waals surface area contributed by atoms with Crippen LogP contribution in [0.1, 0.15) is 5.56 Å². The van der Waals surface area contributed by atoms with Crippen LogP contribution >= 0.6 is 15.9 Å². The standard InChI is InChI=1S/C11H12BrN3/c1-15-7-6-11(14-15)13-8-9-4-2-3-5-10(9)12/h2-7H,8H2,1H3,(H,13,14). The Morgan fingerprint density at radius 1 is 1.33 bits per heavy atom. The molecule has 3 nitrogen and oxygen atoms in total. The summed E-state index contributed by atoms with van der Waals surface area (Å²) in [7, 11) is 1.91. The molecule has 1 aromatic carbocycles. The summed E-state index contributed by atoms with van der Waals surface area (Å²) in [6.45, 7) is 0.776. The minimum atomic E-state index is 0.776. The SMILES string of the molecule is Cn1ccc(NCc2ccccc2Br)n1. The van der Waals surface area contributed by atoms with E-state index < -0.39 is 0 Å². The van der Waals surface area contributed by atoms with Crippen LogP contribution in [-0.4, -0.2) is 9.78 Å². The van der Waals surface area contributed by atoms with Crippen molar-refractivity contribution in [2.24, 2.45) is 7.05 Å². The zero-order valence-corrected chi connectivity index (χ0v) is 10.0. The minimum absolute atomic E-state index is 0.776. The molecule has 1 aromatic heterocycles. The maximum atomic E-state index is 4.25. The van der Waals surface area contributed by atoms with E-state index in [1.165, 1.54) is 5.56 Å². The highest BCUT2D eigenvalue weighted by molar-refractivity contribution is 9.10. The maximum Gasteiger partial charge on any atom is 0.148 e. The van der Waals surface area contributed by atoms with Gasteiger partial charge in [-0.1, -0.05) is 34.1 Å². The highest BCUT2D eigenvalue weighted by atomic mass is 79.9. The molecule has 0 aliphatic carbocycles. The Bertz CT molecular complexity index is 451. The number of rotatable bonds is 3. The first-order valence-electron chi connectivity index (χ1n) is 4.72. The second-order valence-electron chi connectivity index (χ2n) is 3.32. The van der Waals surface area contributed by atoms with Crippen molar-refractivity contribution >= 4 is 21.7 Å². The van der Waals surface area contributed by atoms with Gasteiger partial charge >= 0.3 is 0 Å². The van der Waals surface area contributed by atoms with E-state index in [9.17, 15) is 0 Å². The fourth-order valence-corrected chi connectivity index (χ4v) is 1.76. The Hall–Kier alpha value is -1.29. The molecular weight excluding hydrogens is 254 g/mol. The number of benzene rings is 1. The van der Waals surface area contributed by atoms with E-state index in [0.29, 0.717) is 0 Å². The predicted molar refractivity (Wildman–Crippen MR) is 64.7 cm³/mol. The van der Waals surface area contributed by atoms with Gasteiger partial charge in [0.1, 0.15) is 5.82 Å². The summed E-state index contributed by atoms with van der Waals surface area (Å²) in [5, 5.41) is 7.51. The molecule has 0 amide bonds. The summed E-state index contributed by atoms with van der Waals surface area (Å²) < 4.78 is 2.90. The van der Waals surface area contributed by atoms with E-state index in [1.807, 2.05) is 37.5 Å². The van der Waals surface area contributed by atoms with Crippen LogP contribution in [0.3, 0.4) is 0 Å². The summed E-state index contributed by atoms with van der Waals surface area (Å²) in [5.74, 6) is 0.897. The molecule has 0 unspecified atom stereocenters. The molecule has 2 aromatic rings. The van der Waals surface area contributed by atoms with Crippen molar-refractivity contribution in [3.63, 3.8) is 0 Å². The van der Waals surface area contributed by atoms with E-state index in [4.69, 9.17) is 0 Å². The summed E-state index contributed by atoms with van der Waals surface area (Å²) >= 11 is 3.51. The molecule has 2 rings (SSSR count). The van der Waals surface area contributed by atoms with Crippen molar-refractivity contribution in [2.45, 2.75) is 6.54 Å². The average Bonchev–Trinajstić information content (AvgIpc) is 2.63. The lowest BCUT2D eigenvalue weighted by Crippen LogP contribution is -2.01. The second kappa shape index (κ2) is 4.49. The predicted octanol–water partition coefficient (Wildman–Crippen LogP) is 2.79. The number of nitrogens with one attached hydrogen (secondary N) is 1. The third-order valence-corrected chi connectivity index (χ3v) is 2.91. The van der Waals surface area contributed by atoms with Gasteiger partial charge in [0, 0.05) is 30.3 Å². The second-order valence-corrected chi connectivity index (χ2v) is 4.17. The van der Waals surface area contributed by atoms with Crippen LogP contribution in [0.25, 0.3) is 0 Å². The van der Waals surface area contributed by atoms with Crippen molar-refractivity contribution in [3.05, 3.63) is 46.6 Å². The molecule has 0 aliphatic heterocycles. The number of aromatic nitrogens is 2. The van der Waals surface area contributed by atoms with Gasteiger partial charge in [-0.2, -0.15) is 5.10 Å². The van der Waals surface area contributed by atoms with Gasteiger partial charge in [-0.25, -0.2) is 0 Å². The fourth-order valence-electron chi connectivity index (χ4n) is 1.34. The van der Waals surface area contributed by atoms with Crippen LogP contribution < -0.4 is 5.32 Å². The Morgan fingerprint density at radius 3 is 2.80 bits per heavy atom. The first-order chi connectivity index (χ1) is 7.25. The minimum Gasteiger partial charge on any atom is -0.364 e. The number of halogens is 1. The van der Waals surface area contributed by atoms with Gasteiger partial charge in [0.25, 0.3) is 0 Å². The molecule has 0 saturated carbocycles. The van der Waals surface area contributed by atoms with Gasteiger partial charge < -0.3 is 5.32 Å². The molecule has 0 atom stereocenters. The molecule has 78 valence electrons. The van der Waals surface area contributed by atoms with E-state index in [1.54, 1.807) is 4.68 Å². The van der Waals surface area contributed by atoms with Gasteiger partial charge in [-0.05, 0) is 11.6 Å². The van der Waals surface area contributed by atoms with Crippen LogP contribution in [0, 0.1) is 0 Å². The molecular formula is C11H12BrN3. The van der Waals surface area contributed by atoms with Crippen LogP contribution in [0.5, 0.6) is 0 Å². The number of hydrogen-bond donors (Lipinski definition) is 1. The van der Waals surface area contributed by atoms with Gasteiger partial charge in [0.2, 0.25) is 0 Å². The van der Waals surface area contributed by atoms with Crippen LogP contribution in [0.15, 0.2) is 41.0 Å². The van der Waals surface area contributed by atoms with E-state index in [-0.39, 0.29) is 0 Å². The van der Waals surface area contributed by atoms with E-state index in [2.05, 4.69) is 32.4 Å². The quantitative estimate of drug-likeness (QED) is 0.925. The zero-order valence-electron chi connectivity index (χ0n) is 8.44. The lowest BCUT2D eigenvalue weighted by Gasteiger charge is -2.04. The molecule has 0 saturated heterocycles. The molecule has 0 aliphatic rings. The molecule has 1 N–H and O–H groups in total. The first kappa shape index (κ1) is 10.2. The summed E-state index contributed by atoms with van der Waals surface area (Å²) in [5.41, 5.74) is 1.23. The maximum absolute atomic E-state index is 4.25. The molecule has 15 heavy (non-hydrogen) atoms. The lowest BCUT2D eigenvalue weighted by molar-refractivity contribution is 0.768. The lowest BCUT2D eigenvalue weighted by atomic mass is 10.2. The molecule has 0 spiro atoms. The van der Waals surface area contributed by atoms with Gasteiger partial charge in [0.05, 0.1) is 0 Å². The summed E-state index contributed by atoms with van der Waals surface area (Å²) in [6, 6.07) is 10.1. The largest absolute Gasteiger partial charge is 0.364 e. The Labute approximate surface area is 97.2 Å². The molecule has 0 radical (unpaired) electrons. The highest BCUT2D eigenvalue weighted by Gasteiger charge is 1.99. The van der Waals surface area contributed by atoms with Gasteiger partial charge in [-0.3, -0.25) is 4.68 Å². The molecule has 0 bridgehead atoms. The van der Waals surface area contributed by atoms with Crippen molar-refractivity contribution < 1.29 is 0 Å². The average molecular weight is 266 g/mol. The monoisotopic (exact) mass is 265 g/mol. The zero-order chi connectivity index (χ0) is 10.7. The van der Waals surface area contributed by atoms with Crippen LogP contribution in [0.2, 0.25) is 0 Å². The van der Waals surface area contributed by atoms with Crippen LogP contribution in [-0.2, 0) is 13.6 Å². The van der Waals surface area contributed by atoms with Crippen molar-refractivity contribution in [3.8, 4) is 0 Å². The molecule has 1 heterocycles. The van der Waals surface area contributed by atoms with Crippen molar-refractivity contribution in [1.29, 1.82) is 0 Å². The smallest absolute Gasteiger partial charge is 0.148 e. The number of nitrogens with zero attached hydrogens (tertiary/aromatic N) is 2. The van der Waals surface area contributed by atoms with Gasteiger partial charge in [-0.15, -0.1) is 0 Å². The number of anilines is 1. The normalized spacial score (nSPS) is 10.3. The van der Waals surface area contributed by atoms with Crippen LogP contribution in [0.4, 0.5) is 5.82 Å². The van der Waals surface area contributed by atoms with Crippen molar-refractivity contribution in [1.82, 2.24) is 9.78 Å². The highest BCUT2D eigenvalue weighted by Crippen LogP contribution is 2.16. The molecule has 0 fully saturated rings. The Balaban J connectivity index is 2.02. The first-order valence-corrected chi connectivity index (χ1v) is 5.52. The molecule has 4 heteroatoms.